The molecular formula is C14H16N2O3. The molecule has 1 aromatic carbocycles. The first-order valence-corrected chi connectivity index (χ1v) is 6.47. The molecule has 19 heavy (non-hydrogen) atoms. The highest BCUT2D eigenvalue weighted by Crippen LogP contribution is 2.36. The van der Waals surface area contributed by atoms with Crippen molar-refractivity contribution in [3.63, 3.8) is 0 Å². The van der Waals surface area contributed by atoms with Crippen LogP contribution in [0.5, 0.6) is 11.5 Å². The summed E-state index contributed by atoms with van der Waals surface area (Å²) in [6, 6.07) is 3.13. The summed E-state index contributed by atoms with van der Waals surface area (Å²) in [6.45, 7) is 0.762. The average molecular weight is 260 g/mol. The van der Waals surface area contributed by atoms with E-state index < -0.39 is 0 Å². The van der Waals surface area contributed by atoms with E-state index in [1.54, 1.807) is 6.07 Å². The fraction of sp³-hybridized carbons (Fsp3) is 0.429. The second kappa shape index (κ2) is 4.57. The standard InChI is InChI=1S/C14H16N2O3/c1-19-13-6-10-11(7-12(13)17)15-8-9-4-2-3-5-16(9)14(10)18/h6-9,17H,2-5H2,1H3/t9-/m1/s1. The van der Waals surface area contributed by atoms with Gasteiger partial charge in [-0.1, -0.05) is 0 Å². The number of carbonyl (C=O) groups is 1. The predicted octanol–water partition coefficient (Wildman–Crippen LogP) is 2.11. The minimum absolute atomic E-state index is 0.00562. The molecule has 0 saturated carbocycles. The molecule has 0 unspecified atom stereocenters. The molecule has 2 aliphatic heterocycles. The third-order valence-electron chi connectivity index (χ3n) is 3.72. The Kier molecular flexibility index (Phi) is 2.89. The Bertz CT molecular complexity index is 554. The lowest BCUT2D eigenvalue weighted by atomic mass is 10.0. The van der Waals surface area contributed by atoms with Crippen molar-refractivity contribution in [1.29, 1.82) is 0 Å². The fourth-order valence-electron chi connectivity index (χ4n) is 2.68. The zero-order valence-corrected chi connectivity index (χ0v) is 10.8. The summed E-state index contributed by atoms with van der Waals surface area (Å²) >= 11 is 0. The molecule has 0 radical (unpaired) electrons. The highest BCUT2D eigenvalue weighted by Gasteiger charge is 2.30. The van der Waals surface area contributed by atoms with Crippen LogP contribution in [0.15, 0.2) is 17.1 Å². The predicted molar refractivity (Wildman–Crippen MR) is 71.5 cm³/mol. The second-order valence-electron chi connectivity index (χ2n) is 4.88. The Labute approximate surface area is 111 Å². The van der Waals surface area contributed by atoms with Crippen LogP contribution in [-0.4, -0.2) is 41.8 Å². The minimum Gasteiger partial charge on any atom is -0.504 e. The number of fused-ring (bicyclic) bond motifs is 2. The molecule has 0 spiro atoms. The van der Waals surface area contributed by atoms with E-state index in [0.29, 0.717) is 17.0 Å². The number of aromatic hydroxyl groups is 1. The average Bonchev–Trinajstić information content (AvgIpc) is 2.57. The summed E-state index contributed by atoms with van der Waals surface area (Å²) in [5.74, 6) is 0.277. The number of nitrogens with zero attached hydrogens (tertiary/aromatic N) is 2. The lowest BCUT2D eigenvalue weighted by Crippen LogP contribution is -2.43. The van der Waals surface area contributed by atoms with Crippen molar-refractivity contribution in [3.8, 4) is 11.5 Å². The third-order valence-corrected chi connectivity index (χ3v) is 3.72. The number of benzene rings is 1. The molecule has 0 bridgehead atoms. The number of hydrogen-bond acceptors (Lipinski definition) is 4. The number of ether oxygens (including phenoxy) is 1. The molecule has 5 nitrogen and oxygen atoms in total. The van der Waals surface area contributed by atoms with Crippen molar-refractivity contribution in [1.82, 2.24) is 4.90 Å². The normalized spacial score (nSPS) is 21.6. The number of carbonyl (C=O) groups excluding carboxylic acids is 1. The molecule has 1 N–H and O–H groups in total. The largest absolute Gasteiger partial charge is 0.504 e. The van der Waals surface area contributed by atoms with Crippen molar-refractivity contribution in [2.45, 2.75) is 25.3 Å². The SMILES string of the molecule is COc1cc2c(cc1O)N=C[C@H]1CCCCN1C2=O. The van der Waals surface area contributed by atoms with E-state index in [4.69, 9.17) is 4.74 Å². The minimum atomic E-state index is -0.0319. The molecule has 1 amide bonds. The van der Waals surface area contributed by atoms with Crippen LogP contribution < -0.4 is 4.74 Å². The summed E-state index contributed by atoms with van der Waals surface area (Å²) in [5, 5.41) is 9.78. The Balaban J connectivity index is 2.09. The number of amides is 1. The number of piperidine rings is 1. The molecular weight excluding hydrogens is 244 g/mol. The molecule has 1 aromatic rings. The first-order chi connectivity index (χ1) is 9.20. The summed E-state index contributed by atoms with van der Waals surface area (Å²) in [5.41, 5.74) is 1.01. The van der Waals surface area contributed by atoms with Gasteiger partial charge in [-0.3, -0.25) is 9.79 Å². The van der Waals surface area contributed by atoms with Gasteiger partial charge in [-0.25, -0.2) is 0 Å². The molecule has 1 atom stereocenters. The molecule has 100 valence electrons. The maximum absolute atomic E-state index is 12.6. The number of hydrogen-bond donors (Lipinski definition) is 1. The summed E-state index contributed by atoms with van der Waals surface area (Å²) < 4.78 is 5.06. The second-order valence-corrected chi connectivity index (χ2v) is 4.88. The van der Waals surface area contributed by atoms with Gasteiger partial charge in [0.05, 0.1) is 24.4 Å². The van der Waals surface area contributed by atoms with Crippen LogP contribution in [-0.2, 0) is 0 Å². The molecule has 0 aliphatic carbocycles. The van der Waals surface area contributed by atoms with Crippen LogP contribution in [0.25, 0.3) is 0 Å². The van der Waals surface area contributed by atoms with Gasteiger partial charge in [0.1, 0.15) is 0 Å². The van der Waals surface area contributed by atoms with Crippen molar-refractivity contribution in [2.24, 2.45) is 4.99 Å². The van der Waals surface area contributed by atoms with Gasteiger partial charge in [0.25, 0.3) is 5.91 Å². The van der Waals surface area contributed by atoms with Gasteiger partial charge in [-0.05, 0) is 25.3 Å². The van der Waals surface area contributed by atoms with Crippen molar-refractivity contribution in [3.05, 3.63) is 17.7 Å². The van der Waals surface area contributed by atoms with E-state index >= 15 is 0 Å². The Morgan fingerprint density at radius 2 is 2.26 bits per heavy atom. The van der Waals surface area contributed by atoms with Crippen molar-refractivity contribution >= 4 is 17.8 Å². The Hall–Kier alpha value is -2.04. The van der Waals surface area contributed by atoms with Crippen molar-refractivity contribution in [2.75, 3.05) is 13.7 Å². The van der Waals surface area contributed by atoms with Crippen molar-refractivity contribution < 1.29 is 14.6 Å². The van der Waals surface area contributed by atoms with E-state index in [2.05, 4.69) is 4.99 Å². The van der Waals surface area contributed by atoms with Gasteiger partial charge in [0.15, 0.2) is 11.5 Å². The molecule has 1 fully saturated rings. The Morgan fingerprint density at radius 1 is 1.42 bits per heavy atom. The zero-order chi connectivity index (χ0) is 13.4. The quantitative estimate of drug-likeness (QED) is 0.841. The number of phenolic OH excluding ortho intramolecular Hbond substituents is 1. The lowest BCUT2D eigenvalue weighted by molar-refractivity contribution is 0.0688. The van der Waals surface area contributed by atoms with Crippen LogP contribution in [0.1, 0.15) is 29.6 Å². The third kappa shape index (κ3) is 1.95. The monoisotopic (exact) mass is 260 g/mol. The van der Waals surface area contributed by atoms with E-state index in [0.717, 1.165) is 25.8 Å². The highest BCUT2D eigenvalue weighted by molar-refractivity contribution is 6.03. The van der Waals surface area contributed by atoms with Gasteiger partial charge in [0.2, 0.25) is 0 Å². The summed E-state index contributed by atoms with van der Waals surface area (Å²) in [7, 11) is 1.47. The fourth-order valence-corrected chi connectivity index (χ4v) is 2.68. The molecule has 1 saturated heterocycles. The number of phenols is 1. The van der Waals surface area contributed by atoms with E-state index in [1.807, 2.05) is 11.1 Å². The molecule has 2 aliphatic rings. The van der Waals surface area contributed by atoms with Gasteiger partial charge < -0.3 is 14.7 Å². The van der Waals surface area contributed by atoms with Crippen LogP contribution in [0.2, 0.25) is 0 Å². The topological polar surface area (TPSA) is 62.1 Å². The van der Waals surface area contributed by atoms with Gasteiger partial charge in [0, 0.05) is 18.8 Å². The summed E-state index contributed by atoms with van der Waals surface area (Å²) in [4.78, 5) is 18.8. The van der Waals surface area contributed by atoms with E-state index in [-0.39, 0.29) is 17.7 Å². The molecule has 0 aromatic heterocycles. The first kappa shape index (κ1) is 12.0. The van der Waals surface area contributed by atoms with E-state index in [9.17, 15) is 9.90 Å². The van der Waals surface area contributed by atoms with Gasteiger partial charge >= 0.3 is 0 Å². The molecule has 2 heterocycles. The van der Waals surface area contributed by atoms with Crippen LogP contribution >= 0.6 is 0 Å². The maximum Gasteiger partial charge on any atom is 0.256 e. The van der Waals surface area contributed by atoms with Crippen LogP contribution in [0.3, 0.4) is 0 Å². The highest BCUT2D eigenvalue weighted by atomic mass is 16.5. The maximum atomic E-state index is 12.6. The number of rotatable bonds is 1. The zero-order valence-electron chi connectivity index (χ0n) is 10.8. The first-order valence-electron chi connectivity index (χ1n) is 6.47. The van der Waals surface area contributed by atoms with Crippen LogP contribution in [0, 0.1) is 0 Å². The van der Waals surface area contributed by atoms with Gasteiger partial charge in [-0.15, -0.1) is 0 Å². The van der Waals surface area contributed by atoms with E-state index in [1.165, 1.54) is 13.2 Å². The lowest BCUT2D eigenvalue weighted by Gasteiger charge is -2.32. The smallest absolute Gasteiger partial charge is 0.256 e. The molecule has 3 rings (SSSR count). The number of aliphatic imine (C=N–C) groups is 1. The summed E-state index contributed by atoms with van der Waals surface area (Å²) in [6.07, 6.45) is 4.91. The Morgan fingerprint density at radius 3 is 3.05 bits per heavy atom. The van der Waals surface area contributed by atoms with Gasteiger partial charge in [-0.2, -0.15) is 0 Å². The van der Waals surface area contributed by atoms with Crippen LogP contribution in [0.4, 0.5) is 5.69 Å². The molecule has 5 heteroatoms. The number of methoxy groups -OCH3 is 1.